The number of aryl methyl sites for hydroxylation is 2. The van der Waals surface area contributed by atoms with Crippen molar-refractivity contribution in [1.29, 1.82) is 0 Å². The molecule has 1 atom stereocenters. The number of aromatic nitrogens is 1. The number of ether oxygens (including phenoxy) is 2. The van der Waals surface area contributed by atoms with Gasteiger partial charge in [0, 0.05) is 48.9 Å². The van der Waals surface area contributed by atoms with Crippen molar-refractivity contribution in [2.75, 3.05) is 26.1 Å². The van der Waals surface area contributed by atoms with Gasteiger partial charge >= 0.3 is 6.03 Å². The molecule has 6 heteroatoms. The Hall–Kier alpha value is -3.41. The minimum atomic E-state index is -0.151. The summed E-state index contributed by atoms with van der Waals surface area (Å²) in [5.74, 6) is 1.26. The van der Waals surface area contributed by atoms with Crippen LogP contribution in [0.2, 0.25) is 0 Å². The summed E-state index contributed by atoms with van der Waals surface area (Å²) in [4.78, 5) is 15.3. The smallest absolute Gasteiger partial charge is 0.322 e. The van der Waals surface area contributed by atoms with Gasteiger partial charge in [-0.05, 0) is 37.1 Å². The van der Waals surface area contributed by atoms with Crippen molar-refractivity contribution in [3.63, 3.8) is 0 Å². The molecule has 30 heavy (non-hydrogen) atoms. The maximum atomic E-state index is 13.4. The molecule has 0 saturated heterocycles. The van der Waals surface area contributed by atoms with Gasteiger partial charge in [-0.1, -0.05) is 23.8 Å². The van der Waals surface area contributed by atoms with Crippen molar-refractivity contribution in [3.05, 3.63) is 77.1 Å². The lowest BCUT2D eigenvalue weighted by atomic mass is 9.94. The molecule has 0 fully saturated rings. The molecule has 1 aromatic heterocycles. The fourth-order valence-electron chi connectivity index (χ4n) is 4.14. The van der Waals surface area contributed by atoms with E-state index >= 15 is 0 Å². The first-order valence-electron chi connectivity index (χ1n) is 10.0. The molecule has 1 aliphatic rings. The van der Waals surface area contributed by atoms with Gasteiger partial charge in [-0.3, -0.25) is 0 Å². The highest BCUT2D eigenvalue weighted by Gasteiger charge is 2.33. The van der Waals surface area contributed by atoms with Gasteiger partial charge in [0.25, 0.3) is 0 Å². The van der Waals surface area contributed by atoms with E-state index in [4.69, 9.17) is 9.47 Å². The summed E-state index contributed by atoms with van der Waals surface area (Å²) in [5, 5.41) is 3.03. The molecule has 156 valence electrons. The maximum Gasteiger partial charge on any atom is 0.322 e. The second kappa shape index (κ2) is 8.14. The number of nitrogens with zero attached hydrogens (tertiary/aromatic N) is 2. The van der Waals surface area contributed by atoms with Crippen LogP contribution in [0.4, 0.5) is 10.5 Å². The van der Waals surface area contributed by atoms with Gasteiger partial charge in [0.15, 0.2) is 0 Å². The van der Waals surface area contributed by atoms with Gasteiger partial charge < -0.3 is 24.3 Å². The number of amides is 2. The van der Waals surface area contributed by atoms with Crippen LogP contribution in [0.5, 0.6) is 11.5 Å². The summed E-state index contributed by atoms with van der Waals surface area (Å²) in [7, 11) is 3.19. The number of hydrogen-bond acceptors (Lipinski definition) is 3. The number of carbonyl (C=O) groups excluding carboxylic acids is 1. The second-order valence-electron chi connectivity index (χ2n) is 7.61. The predicted octanol–water partition coefficient (Wildman–Crippen LogP) is 4.76. The Morgan fingerprint density at radius 2 is 1.73 bits per heavy atom. The van der Waals surface area contributed by atoms with Crippen LogP contribution in [0.1, 0.15) is 28.4 Å². The molecule has 0 saturated carbocycles. The number of nitrogens with one attached hydrogen (secondary N) is 1. The molecular formula is C24H27N3O3. The molecule has 0 radical (unpaired) electrons. The van der Waals surface area contributed by atoms with Gasteiger partial charge in [-0.15, -0.1) is 0 Å². The Labute approximate surface area is 177 Å². The monoisotopic (exact) mass is 405 g/mol. The Bertz CT molecular complexity index is 1050. The van der Waals surface area contributed by atoms with E-state index in [1.807, 2.05) is 11.0 Å². The van der Waals surface area contributed by atoms with Crippen LogP contribution in [0.3, 0.4) is 0 Å². The number of urea groups is 1. The highest BCUT2D eigenvalue weighted by Crippen LogP contribution is 2.35. The SMILES string of the molecule is COc1cc(NC(=O)N2CCn3cccc3C2c2ccc(C)cc2C)cc(OC)c1. The lowest BCUT2D eigenvalue weighted by Crippen LogP contribution is -2.44. The van der Waals surface area contributed by atoms with Gasteiger partial charge in [-0.25, -0.2) is 4.79 Å². The van der Waals surface area contributed by atoms with Crippen molar-refractivity contribution in [2.24, 2.45) is 0 Å². The van der Waals surface area contributed by atoms with Crippen molar-refractivity contribution in [2.45, 2.75) is 26.4 Å². The first-order chi connectivity index (χ1) is 14.5. The molecule has 0 spiro atoms. The molecular weight excluding hydrogens is 378 g/mol. The molecule has 6 nitrogen and oxygen atoms in total. The predicted molar refractivity (Wildman–Crippen MR) is 117 cm³/mol. The van der Waals surface area contributed by atoms with Crippen LogP contribution in [0, 0.1) is 13.8 Å². The third-order valence-corrected chi connectivity index (χ3v) is 5.62. The minimum absolute atomic E-state index is 0.150. The van der Waals surface area contributed by atoms with Gasteiger partial charge in [-0.2, -0.15) is 0 Å². The van der Waals surface area contributed by atoms with Crippen LogP contribution in [0.25, 0.3) is 0 Å². The number of rotatable bonds is 4. The number of anilines is 1. The molecule has 2 aromatic carbocycles. The molecule has 3 aromatic rings. The Morgan fingerprint density at radius 1 is 1.00 bits per heavy atom. The number of benzene rings is 2. The van der Waals surface area contributed by atoms with Gasteiger partial charge in [0.1, 0.15) is 11.5 Å². The average Bonchev–Trinajstić information content (AvgIpc) is 3.22. The Morgan fingerprint density at radius 3 is 2.40 bits per heavy atom. The van der Waals surface area contributed by atoms with E-state index in [0.29, 0.717) is 23.7 Å². The van der Waals surface area contributed by atoms with E-state index in [0.717, 1.165) is 17.8 Å². The summed E-state index contributed by atoms with van der Waals surface area (Å²) in [6.45, 7) is 5.57. The fourth-order valence-corrected chi connectivity index (χ4v) is 4.14. The zero-order valence-corrected chi connectivity index (χ0v) is 17.8. The first kappa shape index (κ1) is 19.9. The van der Waals surface area contributed by atoms with E-state index in [1.165, 1.54) is 11.1 Å². The lowest BCUT2D eigenvalue weighted by molar-refractivity contribution is 0.181. The molecule has 0 bridgehead atoms. The first-order valence-corrected chi connectivity index (χ1v) is 10.0. The summed E-state index contributed by atoms with van der Waals surface area (Å²) >= 11 is 0. The molecule has 0 aliphatic carbocycles. The molecule has 1 unspecified atom stereocenters. The van der Waals surface area contributed by atoms with Crippen LogP contribution >= 0.6 is 0 Å². The fraction of sp³-hybridized carbons (Fsp3) is 0.292. The zero-order valence-electron chi connectivity index (χ0n) is 17.8. The molecule has 2 heterocycles. The van der Waals surface area contributed by atoms with E-state index in [9.17, 15) is 4.79 Å². The Balaban J connectivity index is 1.69. The normalized spacial score (nSPS) is 15.5. The van der Waals surface area contributed by atoms with E-state index in [2.05, 4.69) is 54.2 Å². The van der Waals surface area contributed by atoms with Gasteiger partial charge in [0.05, 0.1) is 20.3 Å². The van der Waals surface area contributed by atoms with Crippen LogP contribution in [-0.2, 0) is 6.54 Å². The van der Waals surface area contributed by atoms with Crippen LogP contribution in [0.15, 0.2) is 54.7 Å². The van der Waals surface area contributed by atoms with E-state index in [-0.39, 0.29) is 12.1 Å². The maximum absolute atomic E-state index is 13.4. The van der Waals surface area contributed by atoms with Crippen molar-refractivity contribution < 1.29 is 14.3 Å². The third-order valence-electron chi connectivity index (χ3n) is 5.62. The quantitative estimate of drug-likeness (QED) is 0.681. The molecule has 1 aliphatic heterocycles. The average molecular weight is 405 g/mol. The highest BCUT2D eigenvalue weighted by atomic mass is 16.5. The molecule has 2 amide bonds. The van der Waals surface area contributed by atoms with Crippen molar-refractivity contribution in [3.8, 4) is 11.5 Å². The zero-order chi connectivity index (χ0) is 21.3. The summed E-state index contributed by atoms with van der Waals surface area (Å²) in [5.41, 5.74) is 5.28. The van der Waals surface area contributed by atoms with E-state index < -0.39 is 0 Å². The topological polar surface area (TPSA) is 55.7 Å². The lowest BCUT2D eigenvalue weighted by Gasteiger charge is -2.38. The summed E-state index contributed by atoms with van der Waals surface area (Å²) in [6, 6.07) is 15.6. The van der Waals surface area contributed by atoms with E-state index in [1.54, 1.807) is 32.4 Å². The third kappa shape index (κ3) is 3.73. The minimum Gasteiger partial charge on any atom is -0.497 e. The number of carbonyl (C=O) groups is 1. The highest BCUT2D eigenvalue weighted by molar-refractivity contribution is 5.90. The van der Waals surface area contributed by atoms with Crippen molar-refractivity contribution >= 4 is 11.7 Å². The summed E-state index contributed by atoms with van der Waals surface area (Å²) in [6.07, 6.45) is 2.08. The largest absolute Gasteiger partial charge is 0.497 e. The number of fused-ring (bicyclic) bond motifs is 1. The molecule has 4 rings (SSSR count). The van der Waals surface area contributed by atoms with Crippen LogP contribution < -0.4 is 14.8 Å². The number of hydrogen-bond donors (Lipinski definition) is 1. The Kier molecular flexibility index (Phi) is 5.40. The standard InChI is InChI=1S/C24H27N3O3/c1-16-7-8-21(17(2)12-16)23-22-6-5-9-26(22)10-11-27(23)24(28)25-18-13-19(29-3)15-20(14-18)30-4/h5-9,12-15,23H,10-11H2,1-4H3,(H,25,28). The second-order valence-corrected chi connectivity index (χ2v) is 7.61. The van der Waals surface area contributed by atoms with Crippen LogP contribution in [-0.4, -0.2) is 36.3 Å². The summed E-state index contributed by atoms with van der Waals surface area (Å²) < 4.78 is 12.9. The molecule has 1 N–H and O–H groups in total. The number of methoxy groups -OCH3 is 2. The van der Waals surface area contributed by atoms with Gasteiger partial charge in [0.2, 0.25) is 0 Å². The van der Waals surface area contributed by atoms with Crippen molar-refractivity contribution in [1.82, 2.24) is 9.47 Å².